The zero-order chi connectivity index (χ0) is 15.9. The first-order chi connectivity index (χ1) is 10.5. The van der Waals surface area contributed by atoms with Crippen molar-refractivity contribution in [1.29, 1.82) is 0 Å². The van der Waals surface area contributed by atoms with Crippen LogP contribution in [-0.4, -0.2) is 19.1 Å². The van der Waals surface area contributed by atoms with E-state index < -0.39 is 11.2 Å². The van der Waals surface area contributed by atoms with Crippen LogP contribution in [0.2, 0.25) is 0 Å². The molecule has 0 aromatic heterocycles. The predicted octanol–water partition coefficient (Wildman–Crippen LogP) is 1.21. The molecule has 0 radical (unpaired) electrons. The molecule has 0 aliphatic carbocycles. The molecule has 0 saturated carbocycles. The van der Waals surface area contributed by atoms with Crippen molar-refractivity contribution in [1.82, 2.24) is 19.1 Å². The van der Waals surface area contributed by atoms with Gasteiger partial charge in [-0.3, -0.25) is 9.36 Å². The molecule has 6 nitrogen and oxygen atoms in total. The Labute approximate surface area is 127 Å². The lowest BCUT2D eigenvalue weighted by molar-refractivity contribution is 0.739. The molecule has 2 aliphatic heterocycles. The van der Waals surface area contributed by atoms with Crippen LogP contribution in [0.3, 0.4) is 0 Å². The van der Waals surface area contributed by atoms with E-state index in [1.807, 2.05) is 24.3 Å². The fourth-order valence-electron chi connectivity index (χ4n) is 2.35. The van der Waals surface area contributed by atoms with Crippen LogP contribution in [0.5, 0.6) is 0 Å². The minimum Gasteiger partial charge on any atom is -0.332 e. The third kappa shape index (κ3) is 2.22. The van der Waals surface area contributed by atoms with Crippen LogP contribution in [0, 0.1) is 0 Å². The number of hydrogen-bond acceptors (Lipinski definition) is 4. The maximum atomic E-state index is 12.2. The van der Waals surface area contributed by atoms with Gasteiger partial charge in [-0.25, -0.2) is 9.78 Å². The van der Waals surface area contributed by atoms with Gasteiger partial charge in [0.15, 0.2) is 11.5 Å². The van der Waals surface area contributed by atoms with E-state index in [0.717, 1.165) is 16.6 Å². The quantitative estimate of drug-likeness (QED) is 0.712. The Hall–Kier alpha value is -2.76. The summed E-state index contributed by atoms with van der Waals surface area (Å²) in [5.41, 5.74) is 2.02. The van der Waals surface area contributed by atoms with Crippen molar-refractivity contribution in [3.63, 3.8) is 0 Å². The van der Waals surface area contributed by atoms with Crippen molar-refractivity contribution in [3.8, 4) is 22.8 Å². The average Bonchev–Trinajstić information content (AvgIpc) is 2.54. The Morgan fingerprint density at radius 3 is 2.36 bits per heavy atom. The highest BCUT2D eigenvalue weighted by Gasteiger charge is 2.17. The zero-order valence-electron chi connectivity index (χ0n) is 12.7. The molecule has 6 heteroatoms. The molecular weight excluding hydrogens is 280 g/mol. The van der Waals surface area contributed by atoms with E-state index >= 15 is 0 Å². The molecule has 1 aromatic carbocycles. The first-order valence-electron chi connectivity index (χ1n) is 7.05. The van der Waals surface area contributed by atoms with Crippen LogP contribution in [0.15, 0.2) is 40.1 Å². The fraction of sp³-hybridized carbons (Fsp3) is 0.250. The monoisotopic (exact) mass is 296 g/mol. The van der Waals surface area contributed by atoms with E-state index in [2.05, 4.69) is 16.9 Å². The van der Waals surface area contributed by atoms with Gasteiger partial charge < -0.3 is 4.57 Å². The Morgan fingerprint density at radius 2 is 1.73 bits per heavy atom. The van der Waals surface area contributed by atoms with Crippen LogP contribution in [0.25, 0.3) is 22.8 Å². The molecule has 0 amide bonds. The Morgan fingerprint density at radius 1 is 1.05 bits per heavy atom. The molecule has 1 aromatic rings. The summed E-state index contributed by atoms with van der Waals surface area (Å²) in [7, 11) is 3.15. The second-order valence-corrected chi connectivity index (χ2v) is 5.22. The Balaban J connectivity index is 2.26. The average molecular weight is 296 g/mol. The summed E-state index contributed by atoms with van der Waals surface area (Å²) in [4.78, 5) is 32.2. The summed E-state index contributed by atoms with van der Waals surface area (Å²) in [5.74, 6) is 0.294. The summed E-state index contributed by atoms with van der Waals surface area (Å²) >= 11 is 0. The zero-order valence-corrected chi connectivity index (χ0v) is 12.7. The van der Waals surface area contributed by atoms with Gasteiger partial charge in [0, 0.05) is 25.9 Å². The van der Waals surface area contributed by atoms with Crippen LogP contribution in [0.1, 0.15) is 12.5 Å². The maximum Gasteiger partial charge on any atom is 0.352 e. The van der Waals surface area contributed by atoms with Crippen LogP contribution >= 0.6 is 0 Å². The highest BCUT2D eigenvalue weighted by molar-refractivity contribution is 5.63. The molecule has 0 atom stereocenters. The Kier molecular flexibility index (Phi) is 3.36. The molecule has 112 valence electrons. The molecule has 0 N–H and O–H groups in total. The van der Waals surface area contributed by atoms with E-state index in [4.69, 9.17) is 0 Å². The fourth-order valence-corrected chi connectivity index (χ4v) is 2.35. The third-order valence-electron chi connectivity index (χ3n) is 3.75. The lowest BCUT2D eigenvalue weighted by Crippen LogP contribution is -2.36. The SMILES string of the molecule is CCc1ccc(-c2cn(C)c3nc(=O)n(C)c(=O)c-3n2)cc1. The van der Waals surface area contributed by atoms with Gasteiger partial charge in [0.1, 0.15) is 0 Å². The lowest BCUT2D eigenvalue weighted by atomic mass is 10.1. The molecule has 0 fully saturated rings. The van der Waals surface area contributed by atoms with Crippen LogP contribution in [-0.2, 0) is 20.5 Å². The number of benzene rings is 1. The molecule has 2 aliphatic rings. The number of hydrogen-bond donors (Lipinski definition) is 0. The smallest absolute Gasteiger partial charge is 0.332 e. The van der Waals surface area contributed by atoms with E-state index in [-0.39, 0.29) is 5.69 Å². The first kappa shape index (κ1) is 14.2. The molecule has 0 spiro atoms. The van der Waals surface area contributed by atoms with Gasteiger partial charge in [-0.2, -0.15) is 4.98 Å². The van der Waals surface area contributed by atoms with E-state index in [9.17, 15) is 9.59 Å². The normalized spacial score (nSPS) is 11.0. The van der Waals surface area contributed by atoms with Gasteiger partial charge in [-0.15, -0.1) is 0 Å². The van der Waals surface area contributed by atoms with Gasteiger partial charge in [0.05, 0.1) is 5.69 Å². The third-order valence-corrected chi connectivity index (χ3v) is 3.75. The highest BCUT2D eigenvalue weighted by Crippen LogP contribution is 2.21. The molecule has 0 unspecified atom stereocenters. The first-order valence-corrected chi connectivity index (χ1v) is 7.05. The lowest BCUT2D eigenvalue weighted by Gasteiger charge is -2.12. The highest BCUT2D eigenvalue weighted by atomic mass is 16.2. The second kappa shape index (κ2) is 5.22. The van der Waals surface area contributed by atoms with Crippen LogP contribution < -0.4 is 11.2 Å². The van der Waals surface area contributed by atoms with Crippen molar-refractivity contribution in [2.24, 2.45) is 14.1 Å². The minimum absolute atomic E-state index is 0.196. The number of aromatic nitrogens is 4. The Bertz CT molecular complexity index is 922. The van der Waals surface area contributed by atoms with Crippen molar-refractivity contribution < 1.29 is 0 Å². The topological polar surface area (TPSA) is 69.8 Å². The van der Waals surface area contributed by atoms with E-state index in [1.54, 1.807) is 17.8 Å². The second-order valence-electron chi connectivity index (χ2n) is 5.22. The summed E-state index contributed by atoms with van der Waals surface area (Å²) < 4.78 is 2.63. The number of aryl methyl sites for hydroxylation is 2. The van der Waals surface area contributed by atoms with Gasteiger partial charge in [0.25, 0.3) is 5.56 Å². The molecule has 22 heavy (non-hydrogen) atoms. The van der Waals surface area contributed by atoms with Gasteiger partial charge in [0.2, 0.25) is 0 Å². The number of fused-ring (bicyclic) bond motifs is 1. The van der Waals surface area contributed by atoms with Gasteiger partial charge in [-0.1, -0.05) is 31.2 Å². The van der Waals surface area contributed by atoms with Crippen molar-refractivity contribution in [2.75, 3.05) is 0 Å². The molecule has 0 saturated heterocycles. The predicted molar refractivity (Wildman–Crippen MR) is 84.0 cm³/mol. The summed E-state index contributed by atoms with van der Waals surface area (Å²) in [6.07, 6.45) is 2.74. The van der Waals surface area contributed by atoms with Gasteiger partial charge >= 0.3 is 5.69 Å². The molecule has 0 bridgehead atoms. The van der Waals surface area contributed by atoms with Crippen molar-refractivity contribution in [2.45, 2.75) is 13.3 Å². The summed E-state index contributed by atoms with van der Waals surface area (Å²) in [6, 6.07) is 8.04. The number of nitrogens with zero attached hydrogens (tertiary/aromatic N) is 4. The van der Waals surface area contributed by atoms with Crippen molar-refractivity contribution in [3.05, 3.63) is 56.9 Å². The minimum atomic E-state index is -0.574. The largest absolute Gasteiger partial charge is 0.352 e. The molecule has 2 heterocycles. The molecule has 3 rings (SSSR count). The summed E-state index contributed by atoms with van der Waals surface area (Å²) in [5, 5.41) is 0. The summed E-state index contributed by atoms with van der Waals surface area (Å²) in [6.45, 7) is 2.10. The van der Waals surface area contributed by atoms with Crippen LogP contribution in [0.4, 0.5) is 0 Å². The molecular formula is C16H16N4O2. The maximum absolute atomic E-state index is 12.2. The number of rotatable bonds is 2. The standard InChI is InChI=1S/C16H16N4O2/c1-4-10-5-7-11(8-6-10)12-9-19(2)14-13(17-12)15(21)20(3)16(22)18-14/h5-9H,4H2,1-3H3. The van der Waals surface area contributed by atoms with E-state index in [1.165, 1.54) is 12.6 Å². The van der Waals surface area contributed by atoms with Gasteiger partial charge in [-0.05, 0) is 12.0 Å². The van der Waals surface area contributed by atoms with E-state index in [0.29, 0.717) is 11.5 Å². The van der Waals surface area contributed by atoms with Crippen molar-refractivity contribution >= 4 is 0 Å².